The molecule has 0 heterocycles. The predicted molar refractivity (Wildman–Crippen MR) is 61.5 cm³/mol. The molecule has 0 saturated heterocycles. The van der Waals surface area contributed by atoms with Crippen LogP contribution < -0.4 is 0 Å². The average Bonchev–Trinajstić information content (AvgIpc) is 2.24. The minimum Gasteiger partial charge on any atom is -0.463 e. The fourth-order valence-electron chi connectivity index (χ4n) is 1.10. The Labute approximate surface area is 114 Å². The standard InChI is InChI=1S/C12H19F5O3/c1-4-10(2,3)9(18)20-6-5-19-8-11(13,14)7-12(15,16)17/h4-8H2,1-3H3. The largest absolute Gasteiger partial charge is 0.463 e. The van der Waals surface area contributed by atoms with E-state index in [1.165, 1.54) is 0 Å². The van der Waals surface area contributed by atoms with Crippen LogP contribution in [0.4, 0.5) is 22.0 Å². The molecule has 0 bridgehead atoms. The van der Waals surface area contributed by atoms with Gasteiger partial charge in [0.05, 0.1) is 12.0 Å². The molecule has 0 aromatic rings. The average molecular weight is 306 g/mol. The zero-order valence-electron chi connectivity index (χ0n) is 11.7. The van der Waals surface area contributed by atoms with Crippen molar-refractivity contribution in [2.24, 2.45) is 5.41 Å². The number of ether oxygens (including phenoxy) is 2. The molecule has 0 radical (unpaired) electrons. The van der Waals surface area contributed by atoms with Gasteiger partial charge in [0.1, 0.15) is 19.6 Å². The van der Waals surface area contributed by atoms with E-state index in [0.717, 1.165) is 0 Å². The van der Waals surface area contributed by atoms with Crippen LogP contribution in [0.25, 0.3) is 0 Å². The fourth-order valence-corrected chi connectivity index (χ4v) is 1.10. The Morgan fingerprint density at radius 1 is 1.05 bits per heavy atom. The highest BCUT2D eigenvalue weighted by atomic mass is 19.4. The van der Waals surface area contributed by atoms with Gasteiger partial charge in [-0.05, 0) is 20.3 Å². The Bertz CT molecular complexity index is 313. The van der Waals surface area contributed by atoms with E-state index >= 15 is 0 Å². The van der Waals surface area contributed by atoms with Crippen molar-refractivity contribution < 1.29 is 36.2 Å². The lowest BCUT2D eigenvalue weighted by Gasteiger charge is -2.21. The van der Waals surface area contributed by atoms with Gasteiger partial charge in [0.25, 0.3) is 5.92 Å². The first kappa shape index (κ1) is 19.1. The Balaban J connectivity index is 3.90. The van der Waals surface area contributed by atoms with Crippen molar-refractivity contribution in [3.63, 3.8) is 0 Å². The van der Waals surface area contributed by atoms with E-state index in [1.54, 1.807) is 20.8 Å². The molecule has 0 unspecified atom stereocenters. The zero-order chi connectivity index (χ0) is 16.0. The molecule has 0 fully saturated rings. The van der Waals surface area contributed by atoms with E-state index in [1.807, 2.05) is 0 Å². The molecule has 0 N–H and O–H groups in total. The van der Waals surface area contributed by atoms with Crippen molar-refractivity contribution in [2.75, 3.05) is 19.8 Å². The summed E-state index contributed by atoms with van der Waals surface area (Å²) >= 11 is 0. The number of rotatable bonds is 8. The maximum atomic E-state index is 12.8. The number of halogens is 5. The van der Waals surface area contributed by atoms with E-state index in [9.17, 15) is 26.7 Å². The topological polar surface area (TPSA) is 35.5 Å². The van der Waals surface area contributed by atoms with Gasteiger partial charge in [-0.1, -0.05) is 6.92 Å². The molecule has 0 spiro atoms. The third-order valence-electron chi connectivity index (χ3n) is 2.67. The summed E-state index contributed by atoms with van der Waals surface area (Å²) < 4.78 is 70.2. The molecular weight excluding hydrogens is 287 g/mol. The summed E-state index contributed by atoms with van der Waals surface area (Å²) in [7, 11) is 0. The summed E-state index contributed by atoms with van der Waals surface area (Å²) in [6.45, 7) is 3.10. The third-order valence-corrected chi connectivity index (χ3v) is 2.67. The van der Waals surface area contributed by atoms with Crippen LogP contribution in [-0.4, -0.2) is 37.9 Å². The van der Waals surface area contributed by atoms with Gasteiger partial charge in [0.2, 0.25) is 0 Å². The van der Waals surface area contributed by atoms with E-state index in [0.29, 0.717) is 6.42 Å². The lowest BCUT2D eigenvalue weighted by molar-refractivity contribution is -0.202. The summed E-state index contributed by atoms with van der Waals surface area (Å²) in [6, 6.07) is 0. The van der Waals surface area contributed by atoms with Crippen molar-refractivity contribution in [3.05, 3.63) is 0 Å². The normalized spacial score (nSPS) is 13.4. The van der Waals surface area contributed by atoms with Crippen LogP contribution in [0.3, 0.4) is 0 Å². The Kier molecular flexibility index (Phi) is 6.86. The van der Waals surface area contributed by atoms with Crippen LogP contribution in [0, 0.1) is 5.41 Å². The van der Waals surface area contributed by atoms with Gasteiger partial charge < -0.3 is 9.47 Å². The maximum Gasteiger partial charge on any atom is 0.394 e. The maximum absolute atomic E-state index is 12.8. The second-order valence-corrected chi connectivity index (χ2v) is 5.07. The highest BCUT2D eigenvalue weighted by Gasteiger charge is 2.43. The molecule has 0 amide bonds. The molecule has 120 valence electrons. The first-order valence-corrected chi connectivity index (χ1v) is 6.09. The molecule has 0 rings (SSSR count). The van der Waals surface area contributed by atoms with Crippen LogP contribution in [0.1, 0.15) is 33.6 Å². The van der Waals surface area contributed by atoms with Crippen LogP contribution in [0.15, 0.2) is 0 Å². The number of hydrogen-bond acceptors (Lipinski definition) is 3. The summed E-state index contributed by atoms with van der Waals surface area (Å²) in [5.41, 5.74) is -0.694. The van der Waals surface area contributed by atoms with Crippen molar-refractivity contribution in [1.82, 2.24) is 0 Å². The van der Waals surface area contributed by atoms with Gasteiger partial charge in [0.15, 0.2) is 0 Å². The fraction of sp³-hybridized carbons (Fsp3) is 0.917. The molecule has 0 aliphatic heterocycles. The van der Waals surface area contributed by atoms with Crippen molar-refractivity contribution >= 4 is 5.97 Å². The molecule has 0 saturated carbocycles. The molecular formula is C12H19F5O3. The number of alkyl halides is 5. The van der Waals surface area contributed by atoms with Crippen molar-refractivity contribution in [1.29, 1.82) is 0 Å². The van der Waals surface area contributed by atoms with Crippen LogP contribution in [0.5, 0.6) is 0 Å². The lowest BCUT2D eigenvalue weighted by atomic mass is 9.91. The van der Waals surface area contributed by atoms with Crippen LogP contribution in [-0.2, 0) is 14.3 Å². The van der Waals surface area contributed by atoms with Crippen LogP contribution >= 0.6 is 0 Å². The molecule has 0 aromatic carbocycles. The van der Waals surface area contributed by atoms with Gasteiger partial charge in [0, 0.05) is 0 Å². The van der Waals surface area contributed by atoms with Crippen molar-refractivity contribution in [3.8, 4) is 0 Å². The minimum absolute atomic E-state index is 0.273. The van der Waals surface area contributed by atoms with Crippen molar-refractivity contribution in [2.45, 2.75) is 45.7 Å². The zero-order valence-corrected chi connectivity index (χ0v) is 11.7. The number of hydrogen-bond donors (Lipinski definition) is 0. The van der Waals surface area contributed by atoms with Gasteiger partial charge in [-0.3, -0.25) is 4.79 Å². The highest BCUT2D eigenvalue weighted by molar-refractivity contribution is 5.75. The second kappa shape index (κ2) is 7.19. The lowest BCUT2D eigenvalue weighted by Crippen LogP contribution is -2.32. The van der Waals surface area contributed by atoms with Gasteiger partial charge >= 0.3 is 12.1 Å². The van der Waals surface area contributed by atoms with E-state index in [4.69, 9.17) is 4.74 Å². The number of carbonyl (C=O) groups is 1. The SMILES string of the molecule is CCC(C)(C)C(=O)OCCOCC(F)(F)CC(F)(F)F. The van der Waals surface area contributed by atoms with Gasteiger partial charge in [-0.15, -0.1) is 0 Å². The van der Waals surface area contributed by atoms with E-state index in [2.05, 4.69) is 4.74 Å². The van der Waals surface area contributed by atoms with Gasteiger partial charge in [-0.25, -0.2) is 8.78 Å². The highest BCUT2D eigenvalue weighted by Crippen LogP contribution is 2.31. The molecule has 0 aliphatic carbocycles. The quantitative estimate of drug-likeness (QED) is 0.391. The molecule has 0 atom stereocenters. The summed E-state index contributed by atoms with van der Waals surface area (Å²) in [4.78, 5) is 11.5. The second-order valence-electron chi connectivity index (χ2n) is 5.07. The number of esters is 1. The van der Waals surface area contributed by atoms with E-state index < -0.39 is 36.5 Å². The van der Waals surface area contributed by atoms with Crippen LogP contribution in [0.2, 0.25) is 0 Å². The Morgan fingerprint density at radius 2 is 1.60 bits per heavy atom. The smallest absolute Gasteiger partial charge is 0.394 e. The molecule has 0 aliphatic rings. The minimum atomic E-state index is -4.95. The van der Waals surface area contributed by atoms with E-state index in [-0.39, 0.29) is 13.2 Å². The predicted octanol–water partition coefficient (Wildman–Crippen LogP) is 3.57. The Hall–Kier alpha value is -0.920. The Morgan fingerprint density at radius 3 is 2.05 bits per heavy atom. The third kappa shape index (κ3) is 8.29. The summed E-state index contributed by atoms with van der Waals surface area (Å²) in [5, 5.41) is 0. The summed E-state index contributed by atoms with van der Waals surface area (Å²) in [6.07, 6.45) is -6.65. The number of carbonyl (C=O) groups excluding carboxylic acids is 1. The first-order valence-electron chi connectivity index (χ1n) is 6.09. The van der Waals surface area contributed by atoms with Gasteiger partial charge in [-0.2, -0.15) is 13.2 Å². The first-order chi connectivity index (χ1) is 8.90. The molecule has 20 heavy (non-hydrogen) atoms. The summed E-state index contributed by atoms with van der Waals surface area (Å²) in [5.74, 6) is -4.49. The molecule has 8 heteroatoms. The molecule has 3 nitrogen and oxygen atoms in total. The molecule has 0 aromatic heterocycles. The monoisotopic (exact) mass is 306 g/mol.